The Morgan fingerprint density at radius 2 is 2.31 bits per heavy atom. The van der Waals surface area contributed by atoms with Gasteiger partial charge in [0.25, 0.3) is 0 Å². The van der Waals surface area contributed by atoms with Gasteiger partial charge in [0.15, 0.2) is 11.5 Å². The molecule has 1 amide bonds. The average Bonchev–Trinajstić information content (AvgIpc) is 2.92. The van der Waals surface area contributed by atoms with Gasteiger partial charge in [0, 0.05) is 25.1 Å². The van der Waals surface area contributed by atoms with Gasteiger partial charge >= 0.3 is 0 Å². The Labute approximate surface area is 155 Å². The van der Waals surface area contributed by atoms with E-state index in [0.29, 0.717) is 6.42 Å². The van der Waals surface area contributed by atoms with Crippen molar-refractivity contribution in [3.63, 3.8) is 0 Å². The number of rotatable bonds is 4. The second-order valence-corrected chi connectivity index (χ2v) is 7.76. The molecule has 1 spiro atoms. The van der Waals surface area contributed by atoms with Crippen LogP contribution in [-0.2, 0) is 16.8 Å². The second kappa shape index (κ2) is 6.62. The second-order valence-electron chi connectivity index (χ2n) is 7.76. The highest BCUT2D eigenvalue weighted by Crippen LogP contribution is 2.56. The van der Waals surface area contributed by atoms with Gasteiger partial charge < -0.3 is 19.7 Å². The first-order valence-electron chi connectivity index (χ1n) is 9.61. The maximum atomic E-state index is 12.5. The van der Waals surface area contributed by atoms with Crippen LogP contribution in [0.1, 0.15) is 37.3 Å². The van der Waals surface area contributed by atoms with Crippen LogP contribution in [0.15, 0.2) is 24.3 Å². The zero-order valence-electron chi connectivity index (χ0n) is 15.9. The predicted molar refractivity (Wildman–Crippen MR) is 101 cm³/mol. The lowest BCUT2D eigenvalue weighted by molar-refractivity contribution is -0.124. The van der Waals surface area contributed by atoms with Crippen molar-refractivity contribution in [1.82, 2.24) is 10.2 Å². The van der Waals surface area contributed by atoms with Gasteiger partial charge in [-0.1, -0.05) is 25.1 Å². The van der Waals surface area contributed by atoms with E-state index >= 15 is 0 Å². The SMILES string of the molecule is CCCNC(=O)[C@H]1C=C[C@@]23CCN(C)Cc4ccc(OC)c(c42)OC3C1. The maximum absolute atomic E-state index is 12.5. The van der Waals surface area contributed by atoms with Gasteiger partial charge in [0.2, 0.25) is 5.91 Å². The highest BCUT2D eigenvalue weighted by Gasteiger charge is 2.53. The van der Waals surface area contributed by atoms with Crippen molar-refractivity contribution >= 4 is 5.91 Å². The molecule has 0 fully saturated rings. The summed E-state index contributed by atoms with van der Waals surface area (Å²) in [6.07, 6.45) is 7.01. The van der Waals surface area contributed by atoms with Crippen LogP contribution in [0.4, 0.5) is 0 Å². The highest BCUT2D eigenvalue weighted by molar-refractivity contribution is 5.81. The molecule has 2 aliphatic heterocycles. The first-order chi connectivity index (χ1) is 12.6. The molecule has 1 aliphatic carbocycles. The number of nitrogens with one attached hydrogen (secondary N) is 1. The maximum Gasteiger partial charge on any atom is 0.227 e. The van der Waals surface area contributed by atoms with Gasteiger partial charge in [-0.25, -0.2) is 0 Å². The van der Waals surface area contributed by atoms with E-state index in [4.69, 9.17) is 9.47 Å². The monoisotopic (exact) mass is 356 g/mol. The first-order valence-corrected chi connectivity index (χ1v) is 9.61. The molecule has 3 aliphatic rings. The molecule has 140 valence electrons. The van der Waals surface area contributed by atoms with E-state index in [2.05, 4.69) is 42.4 Å². The molecule has 2 heterocycles. The number of hydrogen-bond acceptors (Lipinski definition) is 4. The average molecular weight is 356 g/mol. The van der Waals surface area contributed by atoms with Crippen molar-refractivity contribution in [3.05, 3.63) is 35.4 Å². The van der Waals surface area contributed by atoms with E-state index in [1.165, 1.54) is 11.1 Å². The summed E-state index contributed by atoms with van der Waals surface area (Å²) in [7, 11) is 3.85. The fourth-order valence-electron chi connectivity index (χ4n) is 4.67. The topological polar surface area (TPSA) is 50.8 Å². The van der Waals surface area contributed by atoms with Crippen molar-refractivity contribution in [2.75, 3.05) is 27.2 Å². The Balaban J connectivity index is 1.74. The number of ether oxygens (including phenoxy) is 2. The third-order valence-electron chi connectivity index (χ3n) is 6.06. The third-order valence-corrected chi connectivity index (χ3v) is 6.06. The molecule has 0 saturated heterocycles. The first kappa shape index (κ1) is 17.4. The van der Waals surface area contributed by atoms with Crippen molar-refractivity contribution in [2.45, 2.75) is 44.2 Å². The molecule has 4 rings (SSSR count). The van der Waals surface area contributed by atoms with Gasteiger partial charge in [-0.2, -0.15) is 0 Å². The van der Waals surface area contributed by atoms with E-state index in [-0.39, 0.29) is 23.3 Å². The Hall–Kier alpha value is -2.01. The molecule has 1 unspecified atom stereocenters. The van der Waals surface area contributed by atoms with Gasteiger partial charge in [-0.15, -0.1) is 0 Å². The molecule has 1 N–H and O–H groups in total. The normalized spacial score (nSPS) is 29.3. The zero-order valence-corrected chi connectivity index (χ0v) is 15.9. The highest BCUT2D eigenvalue weighted by atomic mass is 16.5. The number of carbonyl (C=O) groups excluding carboxylic acids is 1. The summed E-state index contributed by atoms with van der Waals surface area (Å²) in [4.78, 5) is 14.8. The summed E-state index contributed by atoms with van der Waals surface area (Å²) < 4.78 is 12.0. The molecule has 5 nitrogen and oxygen atoms in total. The quantitative estimate of drug-likeness (QED) is 0.843. The number of methoxy groups -OCH3 is 1. The Morgan fingerprint density at radius 1 is 1.46 bits per heavy atom. The molecule has 3 atom stereocenters. The number of amides is 1. The van der Waals surface area contributed by atoms with E-state index in [1.807, 2.05) is 6.07 Å². The molecule has 26 heavy (non-hydrogen) atoms. The number of hydrogen-bond donors (Lipinski definition) is 1. The molecule has 0 saturated carbocycles. The van der Waals surface area contributed by atoms with E-state index < -0.39 is 0 Å². The fraction of sp³-hybridized carbons (Fsp3) is 0.571. The Bertz CT molecular complexity index is 745. The van der Waals surface area contributed by atoms with Gasteiger partial charge in [0.05, 0.1) is 18.4 Å². The summed E-state index contributed by atoms with van der Waals surface area (Å²) in [6, 6.07) is 4.17. The van der Waals surface area contributed by atoms with Crippen molar-refractivity contribution in [2.24, 2.45) is 5.92 Å². The van der Waals surface area contributed by atoms with Crippen LogP contribution >= 0.6 is 0 Å². The molecule has 1 aromatic rings. The van der Waals surface area contributed by atoms with Crippen LogP contribution in [0.5, 0.6) is 11.5 Å². The largest absolute Gasteiger partial charge is 0.493 e. The lowest BCUT2D eigenvalue weighted by Gasteiger charge is -2.36. The summed E-state index contributed by atoms with van der Waals surface area (Å²) in [5.41, 5.74) is 2.43. The van der Waals surface area contributed by atoms with Crippen LogP contribution in [0.3, 0.4) is 0 Å². The van der Waals surface area contributed by atoms with Crippen molar-refractivity contribution in [3.8, 4) is 11.5 Å². The fourth-order valence-corrected chi connectivity index (χ4v) is 4.67. The van der Waals surface area contributed by atoms with Crippen LogP contribution in [-0.4, -0.2) is 44.2 Å². The summed E-state index contributed by atoms with van der Waals surface area (Å²) in [5.74, 6) is 1.66. The molecule has 1 aromatic carbocycles. The number of nitrogens with zero attached hydrogens (tertiary/aromatic N) is 1. The molecule has 0 radical (unpaired) electrons. The summed E-state index contributed by atoms with van der Waals surface area (Å²) >= 11 is 0. The third kappa shape index (κ3) is 2.60. The molecular weight excluding hydrogens is 328 g/mol. The Morgan fingerprint density at radius 3 is 3.08 bits per heavy atom. The van der Waals surface area contributed by atoms with Crippen LogP contribution in [0, 0.1) is 5.92 Å². The lowest BCUT2D eigenvalue weighted by atomic mass is 9.67. The van der Waals surface area contributed by atoms with Crippen molar-refractivity contribution in [1.29, 1.82) is 0 Å². The summed E-state index contributed by atoms with van der Waals surface area (Å²) in [6.45, 7) is 4.72. The van der Waals surface area contributed by atoms with Crippen molar-refractivity contribution < 1.29 is 14.3 Å². The Kier molecular flexibility index (Phi) is 4.43. The lowest BCUT2D eigenvalue weighted by Crippen LogP contribution is -2.44. The van der Waals surface area contributed by atoms with Crippen LogP contribution in [0.2, 0.25) is 0 Å². The van der Waals surface area contributed by atoms with E-state index in [1.54, 1.807) is 7.11 Å². The van der Waals surface area contributed by atoms with Gasteiger partial charge in [-0.3, -0.25) is 4.79 Å². The molecule has 5 heteroatoms. The molecular formula is C21H28N2O3. The standard InChI is InChI=1S/C21H28N2O3/c1-4-10-22-20(24)14-7-8-21-9-11-23(2)13-15-5-6-16(25-3)19(18(15)21)26-17(21)12-14/h5-8,14,17H,4,9-13H2,1-3H3,(H,22,24)/t14-,17?,21-/m0/s1. The predicted octanol–water partition coefficient (Wildman–Crippen LogP) is 2.63. The number of benzene rings is 1. The zero-order chi connectivity index (χ0) is 18.3. The summed E-state index contributed by atoms with van der Waals surface area (Å²) in [5, 5.41) is 3.02. The van der Waals surface area contributed by atoms with Crippen LogP contribution in [0.25, 0.3) is 0 Å². The smallest absolute Gasteiger partial charge is 0.227 e. The minimum Gasteiger partial charge on any atom is -0.493 e. The van der Waals surface area contributed by atoms with E-state index in [0.717, 1.165) is 44.0 Å². The number of carbonyl (C=O) groups is 1. The van der Waals surface area contributed by atoms with Gasteiger partial charge in [0.1, 0.15) is 6.10 Å². The minimum atomic E-state index is -0.147. The van der Waals surface area contributed by atoms with E-state index in [9.17, 15) is 4.79 Å². The van der Waals surface area contributed by atoms with Crippen LogP contribution < -0.4 is 14.8 Å². The minimum absolute atomic E-state index is 0.0126. The van der Waals surface area contributed by atoms with Gasteiger partial charge in [-0.05, 0) is 38.1 Å². The molecule has 0 bridgehead atoms. The molecule has 0 aromatic heterocycles.